The van der Waals surface area contributed by atoms with Gasteiger partial charge in [0.15, 0.2) is 0 Å². The molecular formula is C20H16ClNO3. The van der Waals surface area contributed by atoms with Gasteiger partial charge in [0.05, 0.1) is 0 Å². The molecule has 126 valence electrons. The lowest BCUT2D eigenvalue weighted by molar-refractivity contribution is -0.143. The molecule has 0 saturated heterocycles. The molecule has 0 aliphatic carbocycles. The molecule has 3 rings (SSSR count). The average Bonchev–Trinajstić information content (AvgIpc) is 2.64. The summed E-state index contributed by atoms with van der Waals surface area (Å²) in [7, 11) is 0. The lowest BCUT2D eigenvalue weighted by Gasteiger charge is -2.07. The topological polar surface area (TPSA) is 55.4 Å². The standard InChI is InChI=1S/C20H16ClNO3/c21-18-7-3-4-14(10-18)13-25-19(23)12-22-20(24)17-9-8-15-5-1-2-6-16(15)11-17/h1-11H,12-13H2,(H,22,24). The highest BCUT2D eigenvalue weighted by Gasteiger charge is 2.10. The van der Waals surface area contributed by atoms with E-state index in [1.54, 1.807) is 30.3 Å². The van der Waals surface area contributed by atoms with Gasteiger partial charge >= 0.3 is 5.97 Å². The second-order valence-electron chi connectivity index (χ2n) is 5.54. The number of carbonyl (C=O) groups is 2. The molecule has 0 aromatic heterocycles. The van der Waals surface area contributed by atoms with Crippen LogP contribution in [0.2, 0.25) is 5.02 Å². The summed E-state index contributed by atoms with van der Waals surface area (Å²) in [5, 5.41) is 5.18. The molecule has 3 aromatic carbocycles. The molecule has 0 aliphatic rings. The van der Waals surface area contributed by atoms with Crippen molar-refractivity contribution in [3.8, 4) is 0 Å². The van der Waals surface area contributed by atoms with Crippen molar-refractivity contribution in [2.45, 2.75) is 6.61 Å². The van der Waals surface area contributed by atoms with E-state index in [-0.39, 0.29) is 19.1 Å². The zero-order chi connectivity index (χ0) is 17.6. The Bertz CT molecular complexity index is 923. The molecule has 0 radical (unpaired) electrons. The Morgan fingerprint density at radius 1 is 0.920 bits per heavy atom. The Balaban J connectivity index is 1.53. The summed E-state index contributed by atoms with van der Waals surface area (Å²) in [5.41, 5.74) is 1.29. The summed E-state index contributed by atoms with van der Waals surface area (Å²) in [5.74, 6) is -0.820. The zero-order valence-corrected chi connectivity index (χ0v) is 14.1. The third kappa shape index (κ3) is 4.58. The number of benzene rings is 3. The van der Waals surface area contributed by atoms with Gasteiger partial charge in [-0.05, 0) is 40.6 Å². The quantitative estimate of drug-likeness (QED) is 0.706. The van der Waals surface area contributed by atoms with Crippen LogP contribution in [0.3, 0.4) is 0 Å². The highest BCUT2D eigenvalue weighted by molar-refractivity contribution is 6.30. The molecule has 3 aromatic rings. The molecule has 0 heterocycles. The zero-order valence-electron chi connectivity index (χ0n) is 13.4. The van der Waals surface area contributed by atoms with Crippen LogP contribution in [0.4, 0.5) is 0 Å². The predicted octanol–water partition coefficient (Wildman–Crippen LogP) is 3.97. The summed E-state index contributed by atoms with van der Waals surface area (Å²) >= 11 is 5.87. The van der Waals surface area contributed by atoms with Crippen LogP contribution in [-0.4, -0.2) is 18.4 Å². The molecule has 0 unspecified atom stereocenters. The summed E-state index contributed by atoms with van der Waals surface area (Å²) in [6.07, 6.45) is 0. The number of esters is 1. The van der Waals surface area contributed by atoms with Gasteiger partial charge in [0.25, 0.3) is 5.91 Å². The smallest absolute Gasteiger partial charge is 0.325 e. The lowest BCUT2D eigenvalue weighted by Crippen LogP contribution is -2.30. The van der Waals surface area contributed by atoms with Crippen LogP contribution < -0.4 is 5.32 Å². The highest BCUT2D eigenvalue weighted by Crippen LogP contribution is 2.15. The fourth-order valence-electron chi connectivity index (χ4n) is 2.43. The predicted molar refractivity (Wildman–Crippen MR) is 97.5 cm³/mol. The van der Waals surface area contributed by atoms with Gasteiger partial charge < -0.3 is 10.1 Å². The van der Waals surface area contributed by atoms with Crippen LogP contribution in [0, 0.1) is 0 Å². The largest absolute Gasteiger partial charge is 0.460 e. The first kappa shape index (κ1) is 17.0. The molecule has 5 heteroatoms. The van der Waals surface area contributed by atoms with E-state index in [2.05, 4.69) is 5.32 Å². The van der Waals surface area contributed by atoms with E-state index in [1.807, 2.05) is 36.4 Å². The second kappa shape index (κ2) is 7.81. The fraction of sp³-hybridized carbons (Fsp3) is 0.100. The Labute approximate surface area is 150 Å². The van der Waals surface area contributed by atoms with Crippen LogP contribution >= 0.6 is 11.6 Å². The van der Waals surface area contributed by atoms with Crippen molar-refractivity contribution < 1.29 is 14.3 Å². The Kier molecular flexibility index (Phi) is 5.31. The molecule has 0 aliphatic heterocycles. The van der Waals surface area contributed by atoms with Crippen molar-refractivity contribution in [1.29, 1.82) is 0 Å². The second-order valence-corrected chi connectivity index (χ2v) is 5.97. The third-order valence-corrected chi connectivity index (χ3v) is 3.93. The van der Waals surface area contributed by atoms with Crippen LogP contribution in [0.25, 0.3) is 10.8 Å². The maximum Gasteiger partial charge on any atom is 0.325 e. The summed E-state index contributed by atoms with van der Waals surface area (Å²) in [6, 6.07) is 20.2. The first-order valence-corrected chi connectivity index (χ1v) is 8.17. The molecule has 1 N–H and O–H groups in total. The number of amides is 1. The Hall–Kier alpha value is -2.85. The third-order valence-electron chi connectivity index (χ3n) is 3.69. The number of nitrogens with one attached hydrogen (secondary N) is 1. The minimum atomic E-state index is -0.505. The summed E-state index contributed by atoms with van der Waals surface area (Å²) < 4.78 is 5.13. The Morgan fingerprint density at radius 3 is 2.52 bits per heavy atom. The van der Waals surface area contributed by atoms with E-state index in [0.717, 1.165) is 16.3 Å². The van der Waals surface area contributed by atoms with Crippen molar-refractivity contribution in [2.75, 3.05) is 6.54 Å². The number of fused-ring (bicyclic) bond motifs is 1. The SMILES string of the molecule is O=C(CNC(=O)c1ccc2ccccc2c1)OCc1cccc(Cl)c1. The molecule has 0 fully saturated rings. The van der Waals surface area contributed by atoms with Gasteiger partial charge in [-0.25, -0.2) is 0 Å². The highest BCUT2D eigenvalue weighted by atomic mass is 35.5. The van der Waals surface area contributed by atoms with Crippen LogP contribution in [0.15, 0.2) is 66.7 Å². The van der Waals surface area contributed by atoms with E-state index in [4.69, 9.17) is 16.3 Å². The number of hydrogen-bond donors (Lipinski definition) is 1. The van der Waals surface area contributed by atoms with E-state index in [9.17, 15) is 9.59 Å². The number of carbonyl (C=O) groups excluding carboxylic acids is 2. The number of halogens is 1. The number of ether oxygens (including phenoxy) is 1. The van der Waals surface area contributed by atoms with E-state index < -0.39 is 5.97 Å². The molecule has 25 heavy (non-hydrogen) atoms. The van der Waals surface area contributed by atoms with Crippen LogP contribution in [-0.2, 0) is 16.1 Å². The molecule has 0 spiro atoms. The summed E-state index contributed by atoms with van der Waals surface area (Å²) in [4.78, 5) is 24.0. The van der Waals surface area contributed by atoms with Gasteiger partial charge in [-0.15, -0.1) is 0 Å². The van der Waals surface area contributed by atoms with Gasteiger partial charge in [-0.3, -0.25) is 9.59 Å². The molecule has 1 amide bonds. The van der Waals surface area contributed by atoms with Crippen molar-refractivity contribution >= 4 is 34.2 Å². The minimum Gasteiger partial charge on any atom is -0.460 e. The van der Waals surface area contributed by atoms with E-state index >= 15 is 0 Å². The number of rotatable bonds is 5. The molecular weight excluding hydrogens is 338 g/mol. The fourth-order valence-corrected chi connectivity index (χ4v) is 2.64. The minimum absolute atomic E-state index is 0.116. The molecule has 0 atom stereocenters. The average molecular weight is 354 g/mol. The van der Waals surface area contributed by atoms with Gasteiger partial charge in [0.2, 0.25) is 0 Å². The van der Waals surface area contributed by atoms with Crippen molar-refractivity contribution in [2.24, 2.45) is 0 Å². The maximum absolute atomic E-state index is 12.2. The summed E-state index contributed by atoms with van der Waals surface area (Å²) in [6.45, 7) is -0.0720. The monoisotopic (exact) mass is 353 g/mol. The van der Waals surface area contributed by atoms with E-state index in [1.165, 1.54) is 0 Å². The maximum atomic E-state index is 12.2. The lowest BCUT2D eigenvalue weighted by atomic mass is 10.1. The van der Waals surface area contributed by atoms with Gasteiger partial charge in [0.1, 0.15) is 13.2 Å². The van der Waals surface area contributed by atoms with Crippen LogP contribution in [0.1, 0.15) is 15.9 Å². The van der Waals surface area contributed by atoms with Gasteiger partial charge in [-0.1, -0.05) is 54.1 Å². The van der Waals surface area contributed by atoms with Crippen molar-refractivity contribution in [3.05, 3.63) is 82.9 Å². The first-order valence-electron chi connectivity index (χ1n) is 7.79. The Morgan fingerprint density at radius 2 is 1.72 bits per heavy atom. The van der Waals surface area contributed by atoms with Crippen LogP contribution in [0.5, 0.6) is 0 Å². The van der Waals surface area contributed by atoms with Gasteiger partial charge in [0, 0.05) is 10.6 Å². The molecule has 4 nitrogen and oxygen atoms in total. The molecule has 0 bridgehead atoms. The van der Waals surface area contributed by atoms with Crippen molar-refractivity contribution in [3.63, 3.8) is 0 Å². The van der Waals surface area contributed by atoms with Gasteiger partial charge in [-0.2, -0.15) is 0 Å². The first-order chi connectivity index (χ1) is 12.1. The van der Waals surface area contributed by atoms with E-state index in [0.29, 0.717) is 10.6 Å². The van der Waals surface area contributed by atoms with Crippen molar-refractivity contribution in [1.82, 2.24) is 5.32 Å². The molecule has 0 saturated carbocycles. The normalized spacial score (nSPS) is 10.4. The number of hydrogen-bond acceptors (Lipinski definition) is 3.